The Labute approximate surface area is 131 Å². The molecule has 0 amide bonds. The summed E-state index contributed by atoms with van der Waals surface area (Å²) >= 11 is 0. The van der Waals surface area contributed by atoms with E-state index < -0.39 is 32.5 Å². The average molecular weight is 347 g/mol. The molecule has 8 heteroatoms. The number of rotatable bonds is 5. The first-order valence-electron chi connectivity index (χ1n) is 6.60. The first-order chi connectivity index (χ1) is 10.7. The van der Waals surface area contributed by atoms with Crippen molar-refractivity contribution in [2.75, 3.05) is 6.54 Å². The molecule has 0 aromatic heterocycles. The van der Waals surface area contributed by atoms with Crippen molar-refractivity contribution in [3.8, 4) is 0 Å². The van der Waals surface area contributed by atoms with E-state index >= 15 is 0 Å². The van der Waals surface area contributed by atoms with Gasteiger partial charge in [-0.05, 0) is 42.3 Å². The largest absolute Gasteiger partial charge is 0.416 e. The van der Waals surface area contributed by atoms with Crippen LogP contribution in [0.4, 0.5) is 17.6 Å². The highest BCUT2D eigenvalue weighted by Gasteiger charge is 2.31. The van der Waals surface area contributed by atoms with E-state index in [1.165, 1.54) is 24.3 Å². The molecule has 2 rings (SSSR count). The van der Waals surface area contributed by atoms with E-state index in [1.54, 1.807) is 0 Å². The molecule has 0 atom stereocenters. The predicted octanol–water partition coefficient (Wildman–Crippen LogP) is 3.37. The van der Waals surface area contributed by atoms with E-state index in [9.17, 15) is 26.0 Å². The van der Waals surface area contributed by atoms with Gasteiger partial charge in [0.1, 0.15) is 5.82 Å². The van der Waals surface area contributed by atoms with Crippen LogP contribution < -0.4 is 4.72 Å². The fourth-order valence-electron chi connectivity index (χ4n) is 1.90. The minimum absolute atomic E-state index is 0.00971. The normalized spacial score (nSPS) is 12.3. The van der Waals surface area contributed by atoms with Crippen molar-refractivity contribution in [3.05, 3.63) is 65.5 Å². The summed E-state index contributed by atoms with van der Waals surface area (Å²) < 4.78 is 76.9. The topological polar surface area (TPSA) is 46.2 Å². The van der Waals surface area contributed by atoms with Crippen LogP contribution in [0, 0.1) is 5.82 Å². The first kappa shape index (κ1) is 17.4. The van der Waals surface area contributed by atoms with Gasteiger partial charge in [0.05, 0.1) is 10.5 Å². The van der Waals surface area contributed by atoms with Crippen molar-refractivity contribution in [1.82, 2.24) is 4.72 Å². The van der Waals surface area contributed by atoms with Crippen molar-refractivity contribution in [3.63, 3.8) is 0 Å². The SMILES string of the molecule is O=S(=O)(NCCc1ccc(F)cc1)c1cccc(C(F)(F)F)c1. The number of alkyl halides is 3. The summed E-state index contributed by atoms with van der Waals surface area (Å²) in [5.74, 6) is -0.404. The standard InChI is InChI=1S/C15H13F4NO2S/c16-13-6-4-11(5-7-13)8-9-20-23(21,22)14-3-1-2-12(10-14)15(17,18)19/h1-7,10,20H,8-9H2. The van der Waals surface area contributed by atoms with E-state index in [0.717, 1.165) is 18.2 Å². The molecule has 1 N–H and O–H groups in total. The van der Waals surface area contributed by atoms with Crippen LogP contribution in [0.25, 0.3) is 0 Å². The molecular formula is C15H13F4NO2S. The van der Waals surface area contributed by atoms with Crippen molar-refractivity contribution < 1.29 is 26.0 Å². The summed E-state index contributed by atoms with van der Waals surface area (Å²) in [5.41, 5.74) is -0.322. The van der Waals surface area contributed by atoms with Crippen molar-refractivity contribution in [2.24, 2.45) is 0 Å². The highest BCUT2D eigenvalue weighted by Crippen LogP contribution is 2.30. The summed E-state index contributed by atoms with van der Waals surface area (Å²) in [6, 6.07) is 9.03. The third-order valence-electron chi connectivity index (χ3n) is 3.09. The molecule has 23 heavy (non-hydrogen) atoms. The summed E-state index contributed by atoms with van der Waals surface area (Å²) in [4.78, 5) is -0.452. The van der Waals surface area contributed by atoms with Crippen LogP contribution in [0.5, 0.6) is 0 Å². The summed E-state index contributed by atoms with van der Waals surface area (Å²) in [5, 5.41) is 0. The molecule has 0 heterocycles. The summed E-state index contributed by atoms with van der Waals surface area (Å²) in [6.45, 7) is -0.00971. The Kier molecular flexibility index (Phi) is 5.06. The van der Waals surface area contributed by atoms with E-state index in [4.69, 9.17) is 0 Å². The van der Waals surface area contributed by atoms with Gasteiger partial charge in [0.15, 0.2) is 0 Å². The fourth-order valence-corrected chi connectivity index (χ4v) is 2.98. The highest BCUT2D eigenvalue weighted by atomic mass is 32.2. The van der Waals surface area contributed by atoms with Crippen LogP contribution in [0.2, 0.25) is 0 Å². The third-order valence-corrected chi connectivity index (χ3v) is 4.55. The molecule has 0 radical (unpaired) electrons. The van der Waals surface area contributed by atoms with Crippen LogP contribution in [0.15, 0.2) is 53.4 Å². The van der Waals surface area contributed by atoms with E-state index in [0.29, 0.717) is 18.1 Å². The molecular weight excluding hydrogens is 334 g/mol. The van der Waals surface area contributed by atoms with Crippen molar-refractivity contribution >= 4 is 10.0 Å². The van der Waals surface area contributed by atoms with Gasteiger partial charge in [-0.15, -0.1) is 0 Å². The number of nitrogens with one attached hydrogen (secondary N) is 1. The van der Waals surface area contributed by atoms with Crippen molar-refractivity contribution in [2.45, 2.75) is 17.5 Å². The van der Waals surface area contributed by atoms with Crippen LogP contribution in [-0.4, -0.2) is 15.0 Å². The molecule has 0 aliphatic rings. The van der Waals surface area contributed by atoms with Crippen LogP contribution in [-0.2, 0) is 22.6 Å². The molecule has 124 valence electrons. The van der Waals surface area contributed by atoms with Crippen molar-refractivity contribution in [1.29, 1.82) is 0 Å². The number of benzene rings is 2. The summed E-state index contributed by atoms with van der Waals surface area (Å²) in [6.07, 6.45) is -4.32. The van der Waals surface area contributed by atoms with Gasteiger partial charge in [-0.1, -0.05) is 18.2 Å². The van der Waals surface area contributed by atoms with Gasteiger partial charge in [0.25, 0.3) is 0 Å². The number of halogens is 4. The van der Waals surface area contributed by atoms with E-state index in [-0.39, 0.29) is 6.54 Å². The molecule has 0 bridgehead atoms. The van der Waals surface area contributed by atoms with Gasteiger partial charge < -0.3 is 0 Å². The molecule has 0 aliphatic heterocycles. The Morgan fingerprint density at radius 2 is 1.65 bits per heavy atom. The Bertz CT molecular complexity index is 771. The monoisotopic (exact) mass is 347 g/mol. The van der Waals surface area contributed by atoms with Crippen LogP contribution >= 0.6 is 0 Å². The van der Waals surface area contributed by atoms with Gasteiger partial charge in [-0.3, -0.25) is 0 Å². The molecule has 0 spiro atoms. The lowest BCUT2D eigenvalue weighted by Gasteiger charge is -2.10. The van der Waals surface area contributed by atoms with E-state index in [1.807, 2.05) is 0 Å². The zero-order valence-corrected chi connectivity index (χ0v) is 12.6. The molecule has 0 saturated carbocycles. The average Bonchev–Trinajstić information content (AvgIpc) is 2.48. The lowest BCUT2D eigenvalue weighted by molar-refractivity contribution is -0.137. The molecule has 0 saturated heterocycles. The Balaban J connectivity index is 2.06. The number of sulfonamides is 1. The maximum atomic E-state index is 12.8. The van der Waals surface area contributed by atoms with Gasteiger partial charge in [-0.25, -0.2) is 17.5 Å². The molecule has 0 fully saturated rings. The molecule has 2 aromatic carbocycles. The molecule has 2 aromatic rings. The maximum Gasteiger partial charge on any atom is 0.416 e. The quantitative estimate of drug-likeness (QED) is 0.843. The zero-order chi connectivity index (χ0) is 17.1. The Morgan fingerprint density at radius 1 is 1.00 bits per heavy atom. The first-order valence-corrected chi connectivity index (χ1v) is 8.08. The lowest BCUT2D eigenvalue weighted by Crippen LogP contribution is -2.26. The fraction of sp³-hybridized carbons (Fsp3) is 0.200. The van der Waals surface area contributed by atoms with Crippen LogP contribution in [0.3, 0.4) is 0 Å². The Morgan fingerprint density at radius 3 is 2.26 bits per heavy atom. The van der Waals surface area contributed by atoms with Gasteiger partial charge >= 0.3 is 6.18 Å². The molecule has 0 unspecified atom stereocenters. The Hall–Kier alpha value is -1.93. The zero-order valence-electron chi connectivity index (χ0n) is 11.8. The molecule has 3 nitrogen and oxygen atoms in total. The second kappa shape index (κ2) is 6.67. The minimum atomic E-state index is -4.61. The second-order valence-corrected chi connectivity index (χ2v) is 6.57. The molecule has 0 aliphatic carbocycles. The minimum Gasteiger partial charge on any atom is -0.211 e. The van der Waals surface area contributed by atoms with Gasteiger partial charge in [0, 0.05) is 6.54 Å². The summed E-state index contributed by atoms with van der Waals surface area (Å²) in [7, 11) is -4.05. The van der Waals surface area contributed by atoms with E-state index in [2.05, 4.69) is 4.72 Å². The number of hydrogen-bond donors (Lipinski definition) is 1. The second-order valence-electron chi connectivity index (χ2n) is 4.80. The van der Waals surface area contributed by atoms with Crippen LogP contribution in [0.1, 0.15) is 11.1 Å². The third kappa shape index (κ3) is 4.77. The lowest BCUT2D eigenvalue weighted by atomic mass is 10.1. The predicted molar refractivity (Wildman–Crippen MR) is 76.7 cm³/mol. The highest BCUT2D eigenvalue weighted by molar-refractivity contribution is 7.89. The van der Waals surface area contributed by atoms with Gasteiger partial charge in [0.2, 0.25) is 10.0 Å². The maximum absolute atomic E-state index is 12.8. The van der Waals surface area contributed by atoms with Gasteiger partial charge in [-0.2, -0.15) is 13.2 Å². The number of hydrogen-bond acceptors (Lipinski definition) is 2. The smallest absolute Gasteiger partial charge is 0.211 e.